The molecule has 1 aliphatic rings. The molecule has 1 aliphatic carbocycles. The standard InChI is InChI=1S/C17H23ClN2O2/c1-2-22-16(21)11-20-17(12-6-4-3-5-7-12)14-10-13(18)8-9-15(14)19/h8-10,12H,2-7,11,19H2,1H3. The van der Waals surface area contributed by atoms with Crippen molar-refractivity contribution in [3.05, 3.63) is 28.8 Å². The Morgan fingerprint density at radius 3 is 2.77 bits per heavy atom. The van der Waals surface area contributed by atoms with E-state index in [0.717, 1.165) is 24.1 Å². The number of nitrogens with two attached hydrogens (primary N) is 1. The number of esters is 1. The number of halogens is 1. The summed E-state index contributed by atoms with van der Waals surface area (Å²) in [6, 6.07) is 5.40. The van der Waals surface area contributed by atoms with Crippen LogP contribution < -0.4 is 5.73 Å². The summed E-state index contributed by atoms with van der Waals surface area (Å²) in [7, 11) is 0. The third-order valence-electron chi connectivity index (χ3n) is 3.97. The van der Waals surface area contributed by atoms with Crippen molar-refractivity contribution in [3.8, 4) is 0 Å². The second kappa shape index (κ2) is 8.18. The number of hydrogen-bond donors (Lipinski definition) is 1. The summed E-state index contributed by atoms with van der Waals surface area (Å²) < 4.78 is 4.97. The maximum atomic E-state index is 11.6. The number of benzene rings is 1. The molecule has 0 spiro atoms. The Kier molecular flexibility index (Phi) is 6.25. The van der Waals surface area contributed by atoms with Crippen LogP contribution in [0.15, 0.2) is 23.2 Å². The molecule has 2 N–H and O–H groups in total. The van der Waals surface area contributed by atoms with Crippen LogP contribution in [-0.4, -0.2) is 24.8 Å². The lowest BCUT2D eigenvalue weighted by Crippen LogP contribution is -2.22. The zero-order valence-electron chi connectivity index (χ0n) is 13.0. The van der Waals surface area contributed by atoms with Crippen molar-refractivity contribution < 1.29 is 9.53 Å². The van der Waals surface area contributed by atoms with E-state index >= 15 is 0 Å². The predicted octanol–water partition coefficient (Wildman–Crippen LogP) is 3.85. The van der Waals surface area contributed by atoms with Gasteiger partial charge in [0, 0.05) is 27.9 Å². The van der Waals surface area contributed by atoms with Gasteiger partial charge in [-0.15, -0.1) is 0 Å². The van der Waals surface area contributed by atoms with Crippen molar-refractivity contribution in [2.75, 3.05) is 18.9 Å². The van der Waals surface area contributed by atoms with Crippen molar-refractivity contribution in [1.82, 2.24) is 0 Å². The summed E-state index contributed by atoms with van der Waals surface area (Å²) in [4.78, 5) is 16.2. The summed E-state index contributed by atoms with van der Waals surface area (Å²) in [5.74, 6) is 0.0281. The molecule has 0 aliphatic heterocycles. The molecule has 4 nitrogen and oxygen atoms in total. The third-order valence-corrected chi connectivity index (χ3v) is 4.20. The topological polar surface area (TPSA) is 64.7 Å². The molecule has 120 valence electrons. The van der Waals surface area contributed by atoms with Crippen LogP contribution in [0, 0.1) is 5.92 Å². The van der Waals surface area contributed by atoms with Gasteiger partial charge in [-0.05, 0) is 38.0 Å². The minimum atomic E-state index is -0.309. The minimum Gasteiger partial charge on any atom is -0.465 e. The summed E-state index contributed by atoms with van der Waals surface area (Å²) in [5, 5.41) is 0.629. The number of ether oxygens (including phenoxy) is 1. The molecule has 0 radical (unpaired) electrons. The van der Waals surface area contributed by atoms with Crippen molar-refractivity contribution in [1.29, 1.82) is 0 Å². The van der Waals surface area contributed by atoms with Crippen LogP contribution in [0.3, 0.4) is 0 Å². The molecular weight excluding hydrogens is 300 g/mol. The Hall–Kier alpha value is -1.55. The summed E-state index contributed by atoms with van der Waals surface area (Å²) >= 11 is 6.11. The molecule has 1 saturated carbocycles. The first-order chi connectivity index (χ1) is 10.6. The van der Waals surface area contributed by atoms with Crippen molar-refractivity contribution in [2.45, 2.75) is 39.0 Å². The van der Waals surface area contributed by atoms with E-state index in [1.54, 1.807) is 19.1 Å². The van der Waals surface area contributed by atoms with Gasteiger partial charge in [-0.2, -0.15) is 0 Å². The SMILES string of the molecule is CCOC(=O)CN=C(c1cc(Cl)ccc1N)C1CCCCC1. The van der Waals surface area contributed by atoms with Crippen LogP contribution in [0.25, 0.3) is 0 Å². The zero-order chi connectivity index (χ0) is 15.9. The highest BCUT2D eigenvalue weighted by Gasteiger charge is 2.22. The molecule has 0 unspecified atom stereocenters. The smallest absolute Gasteiger partial charge is 0.327 e. The van der Waals surface area contributed by atoms with Crippen molar-refractivity contribution in [3.63, 3.8) is 0 Å². The molecule has 1 aromatic rings. The van der Waals surface area contributed by atoms with Gasteiger partial charge in [0.1, 0.15) is 6.54 Å². The van der Waals surface area contributed by atoms with Gasteiger partial charge >= 0.3 is 5.97 Å². The molecule has 0 atom stereocenters. The Bertz CT molecular complexity index is 552. The lowest BCUT2D eigenvalue weighted by Gasteiger charge is -2.24. The predicted molar refractivity (Wildman–Crippen MR) is 90.5 cm³/mol. The van der Waals surface area contributed by atoms with Crippen LogP contribution in [-0.2, 0) is 9.53 Å². The Labute approximate surface area is 136 Å². The van der Waals surface area contributed by atoms with Crippen molar-refractivity contribution >= 4 is 29.0 Å². The number of carbonyl (C=O) groups is 1. The number of hydrogen-bond acceptors (Lipinski definition) is 4. The highest BCUT2D eigenvalue weighted by molar-refractivity contribution is 6.31. The van der Waals surface area contributed by atoms with Gasteiger partial charge in [0.15, 0.2) is 0 Å². The molecule has 0 bridgehead atoms. The van der Waals surface area contributed by atoms with E-state index in [1.165, 1.54) is 19.3 Å². The quantitative estimate of drug-likeness (QED) is 0.508. The van der Waals surface area contributed by atoms with E-state index < -0.39 is 0 Å². The number of rotatable bonds is 5. The zero-order valence-corrected chi connectivity index (χ0v) is 13.7. The van der Waals surface area contributed by atoms with E-state index in [-0.39, 0.29) is 12.5 Å². The molecule has 1 aromatic carbocycles. The summed E-state index contributed by atoms with van der Waals surface area (Å²) in [5.41, 5.74) is 8.50. The number of nitrogens with zero attached hydrogens (tertiary/aromatic N) is 1. The van der Waals surface area contributed by atoms with Gasteiger partial charge in [0.25, 0.3) is 0 Å². The Morgan fingerprint density at radius 2 is 2.09 bits per heavy atom. The van der Waals surface area contributed by atoms with Gasteiger partial charge < -0.3 is 10.5 Å². The average Bonchev–Trinajstić information content (AvgIpc) is 2.52. The fourth-order valence-electron chi connectivity index (χ4n) is 2.92. The minimum absolute atomic E-state index is 0.0334. The first kappa shape index (κ1) is 16.8. The fourth-order valence-corrected chi connectivity index (χ4v) is 3.09. The van der Waals surface area contributed by atoms with Crippen molar-refractivity contribution in [2.24, 2.45) is 10.9 Å². The molecule has 0 heterocycles. The van der Waals surface area contributed by atoms with Gasteiger partial charge in [-0.25, -0.2) is 0 Å². The highest BCUT2D eigenvalue weighted by atomic mass is 35.5. The van der Waals surface area contributed by atoms with Gasteiger partial charge in [0.05, 0.1) is 6.61 Å². The normalized spacial score (nSPS) is 16.5. The average molecular weight is 323 g/mol. The molecule has 0 amide bonds. The molecule has 0 aromatic heterocycles. The number of aliphatic imine (C=N–C) groups is 1. The molecule has 5 heteroatoms. The molecular formula is C17H23ClN2O2. The lowest BCUT2D eigenvalue weighted by atomic mass is 9.83. The number of anilines is 1. The van der Waals surface area contributed by atoms with Crippen LogP contribution in [0.5, 0.6) is 0 Å². The van der Waals surface area contributed by atoms with Crippen LogP contribution >= 0.6 is 11.6 Å². The van der Waals surface area contributed by atoms with E-state index in [4.69, 9.17) is 22.1 Å². The molecule has 0 saturated heterocycles. The molecule has 22 heavy (non-hydrogen) atoms. The Morgan fingerprint density at radius 1 is 1.36 bits per heavy atom. The number of carbonyl (C=O) groups excluding carboxylic acids is 1. The molecule has 1 fully saturated rings. The van der Waals surface area contributed by atoms with E-state index in [9.17, 15) is 4.79 Å². The maximum Gasteiger partial charge on any atom is 0.327 e. The summed E-state index contributed by atoms with van der Waals surface area (Å²) in [6.45, 7) is 2.19. The Balaban J connectivity index is 2.29. The number of nitrogen functional groups attached to an aromatic ring is 1. The van der Waals surface area contributed by atoms with Gasteiger partial charge in [0.2, 0.25) is 0 Å². The van der Waals surface area contributed by atoms with E-state index in [1.807, 2.05) is 6.07 Å². The second-order valence-corrected chi connectivity index (χ2v) is 6.01. The van der Waals surface area contributed by atoms with E-state index in [2.05, 4.69) is 4.99 Å². The van der Waals surface area contributed by atoms with Crippen LogP contribution in [0.2, 0.25) is 5.02 Å². The summed E-state index contributed by atoms with van der Waals surface area (Å²) in [6.07, 6.45) is 5.78. The fraction of sp³-hybridized carbons (Fsp3) is 0.529. The lowest BCUT2D eigenvalue weighted by molar-refractivity contribution is -0.141. The first-order valence-corrected chi connectivity index (χ1v) is 8.25. The first-order valence-electron chi connectivity index (χ1n) is 7.87. The van der Waals surface area contributed by atoms with Crippen LogP contribution in [0.4, 0.5) is 5.69 Å². The van der Waals surface area contributed by atoms with Gasteiger partial charge in [-0.1, -0.05) is 30.9 Å². The maximum absolute atomic E-state index is 11.6. The monoisotopic (exact) mass is 322 g/mol. The second-order valence-electron chi connectivity index (χ2n) is 5.57. The third kappa shape index (κ3) is 4.47. The largest absolute Gasteiger partial charge is 0.465 e. The van der Waals surface area contributed by atoms with E-state index in [0.29, 0.717) is 23.2 Å². The molecule has 2 rings (SSSR count). The van der Waals surface area contributed by atoms with Crippen LogP contribution in [0.1, 0.15) is 44.6 Å². The highest BCUT2D eigenvalue weighted by Crippen LogP contribution is 2.30. The van der Waals surface area contributed by atoms with Gasteiger partial charge in [-0.3, -0.25) is 9.79 Å².